The standard InChI is InChI=1S/C6H5F2P.H2O/c7-9(8)6-4-2-1-3-5-6;/h1-5H;1H2. The molecule has 0 radical (unpaired) electrons. The summed E-state index contributed by atoms with van der Waals surface area (Å²) in [5.74, 6) is 0. The lowest BCUT2D eigenvalue weighted by atomic mass is 10.4. The minimum Gasteiger partial charge on any atom is -0.412 e. The van der Waals surface area contributed by atoms with Crippen LogP contribution < -0.4 is 5.30 Å². The highest BCUT2D eigenvalue weighted by Gasteiger charge is 2.04. The van der Waals surface area contributed by atoms with Crippen LogP contribution in [0.5, 0.6) is 0 Å². The first kappa shape index (κ1) is 9.47. The van der Waals surface area contributed by atoms with Crippen LogP contribution in [0.3, 0.4) is 0 Å². The van der Waals surface area contributed by atoms with E-state index in [1.54, 1.807) is 18.2 Å². The van der Waals surface area contributed by atoms with Gasteiger partial charge in [-0.2, -0.15) is 8.39 Å². The molecule has 4 heteroatoms. The molecule has 1 aromatic carbocycles. The number of halogens is 2. The Balaban J connectivity index is 0.000000810. The summed E-state index contributed by atoms with van der Waals surface area (Å²) in [6.45, 7) is 0. The molecule has 0 heterocycles. The molecule has 0 spiro atoms. The third-order valence-corrected chi connectivity index (χ3v) is 1.64. The van der Waals surface area contributed by atoms with E-state index in [0.717, 1.165) is 0 Å². The van der Waals surface area contributed by atoms with Gasteiger partial charge in [0.1, 0.15) is 0 Å². The van der Waals surface area contributed by atoms with Crippen LogP contribution in [0, 0.1) is 0 Å². The van der Waals surface area contributed by atoms with E-state index in [0.29, 0.717) is 0 Å². The van der Waals surface area contributed by atoms with Crippen LogP contribution in [-0.4, -0.2) is 5.48 Å². The molecule has 1 nitrogen and oxygen atoms in total. The molecule has 0 atom stereocenters. The molecule has 0 aliphatic rings. The van der Waals surface area contributed by atoms with Gasteiger partial charge >= 0.3 is 0 Å². The SMILES string of the molecule is FP(F)c1ccccc1.O. The molecule has 0 amide bonds. The number of benzene rings is 1. The monoisotopic (exact) mass is 164 g/mol. The maximum absolute atomic E-state index is 11.8. The minimum absolute atomic E-state index is 0. The van der Waals surface area contributed by atoms with Crippen LogP contribution in [0.1, 0.15) is 0 Å². The second-order valence-electron chi connectivity index (χ2n) is 1.57. The van der Waals surface area contributed by atoms with E-state index in [9.17, 15) is 8.39 Å². The smallest absolute Gasteiger partial charge is 0.298 e. The van der Waals surface area contributed by atoms with E-state index in [1.807, 2.05) is 0 Å². The van der Waals surface area contributed by atoms with Crippen LogP contribution in [0.15, 0.2) is 30.3 Å². The Kier molecular flexibility index (Phi) is 4.08. The zero-order valence-corrected chi connectivity index (χ0v) is 5.98. The second-order valence-corrected chi connectivity index (χ2v) is 2.55. The molecular formula is C6H7F2OP. The lowest BCUT2D eigenvalue weighted by Gasteiger charge is -1.92. The zero-order valence-electron chi connectivity index (χ0n) is 5.09. The highest BCUT2D eigenvalue weighted by molar-refractivity contribution is 7.55. The van der Waals surface area contributed by atoms with Gasteiger partial charge in [0.15, 0.2) is 0 Å². The summed E-state index contributed by atoms with van der Waals surface area (Å²) in [7, 11) is -2.90. The van der Waals surface area contributed by atoms with Gasteiger partial charge in [0, 0.05) is 5.30 Å². The topological polar surface area (TPSA) is 31.5 Å². The van der Waals surface area contributed by atoms with Crippen molar-refractivity contribution in [3.63, 3.8) is 0 Å². The van der Waals surface area contributed by atoms with Crippen LogP contribution in [0.25, 0.3) is 0 Å². The second kappa shape index (κ2) is 4.31. The molecule has 0 aliphatic carbocycles. The van der Waals surface area contributed by atoms with Crippen molar-refractivity contribution in [2.45, 2.75) is 0 Å². The summed E-state index contributed by atoms with van der Waals surface area (Å²) in [5, 5.41) is 0.146. The van der Waals surface area contributed by atoms with E-state index in [-0.39, 0.29) is 10.8 Å². The highest BCUT2D eigenvalue weighted by atomic mass is 31.2. The first-order valence-corrected chi connectivity index (χ1v) is 3.60. The molecule has 2 N–H and O–H groups in total. The van der Waals surface area contributed by atoms with Crippen molar-refractivity contribution < 1.29 is 13.9 Å². The largest absolute Gasteiger partial charge is 0.412 e. The number of rotatable bonds is 1. The van der Waals surface area contributed by atoms with Crippen LogP contribution >= 0.6 is 8.54 Å². The maximum atomic E-state index is 11.8. The first-order chi connectivity index (χ1) is 4.30. The average Bonchev–Trinajstić information content (AvgIpc) is 1.90. The molecule has 1 aromatic rings. The van der Waals surface area contributed by atoms with Crippen molar-refractivity contribution in [1.29, 1.82) is 0 Å². The van der Waals surface area contributed by atoms with E-state index >= 15 is 0 Å². The third-order valence-electron chi connectivity index (χ3n) is 0.951. The number of hydrogen-bond acceptors (Lipinski definition) is 0. The van der Waals surface area contributed by atoms with Gasteiger partial charge in [-0.05, 0) is 12.1 Å². The van der Waals surface area contributed by atoms with Crippen molar-refractivity contribution >= 4 is 13.8 Å². The van der Waals surface area contributed by atoms with Crippen LogP contribution in [0.2, 0.25) is 0 Å². The fourth-order valence-corrected chi connectivity index (χ4v) is 0.938. The van der Waals surface area contributed by atoms with E-state index in [2.05, 4.69) is 0 Å². The lowest BCUT2D eigenvalue weighted by Crippen LogP contribution is -1.90. The lowest BCUT2D eigenvalue weighted by molar-refractivity contribution is 0.763. The van der Waals surface area contributed by atoms with Crippen molar-refractivity contribution in [3.05, 3.63) is 30.3 Å². The Labute approximate surface area is 59.0 Å². The fraction of sp³-hybridized carbons (Fsp3) is 0. The third kappa shape index (κ3) is 2.38. The molecule has 56 valence electrons. The van der Waals surface area contributed by atoms with Crippen LogP contribution in [-0.2, 0) is 0 Å². The van der Waals surface area contributed by atoms with Gasteiger partial charge in [0.25, 0.3) is 8.54 Å². The Bertz CT molecular complexity index is 178. The van der Waals surface area contributed by atoms with Gasteiger partial charge in [0.05, 0.1) is 0 Å². The van der Waals surface area contributed by atoms with Gasteiger partial charge in [-0.15, -0.1) is 0 Å². The summed E-state index contributed by atoms with van der Waals surface area (Å²) in [4.78, 5) is 0. The molecule has 10 heavy (non-hydrogen) atoms. The van der Waals surface area contributed by atoms with Gasteiger partial charge < -0.3 is 5.48 Å². The number of hydrogen-bond donors (Lipinski definition) is 0. The average molecular weight is 164 g/mol. The fourth-order valence-electron chi connectivity index (χ4n) is 0.541. The van der Waals surface area contributed by atoms with Gasteiger partial charge in [-0.3, -0.25) is 0 Å². The summed E-state index contributed by atoms with van der Waals surface area (Å²) in [5.41, 5.74) is 0. The molecule has 0 saturated heterocycles. The first-order valence-electron chi connectivity index (χ1n) is 2.47. The normalized spacial score (nSPS) is 9.10. The van der Waals surface area contributed by atoms with E-state index in [1.165, 1.54) is 12.1 Å². The molecular weight excluding hydrogens is 157 g/mol. The summed E-state index contributed by atoms with van der Waals surface area (Å²) in [6, 6.07) is 7.83. The van der Waals surface area contributed by atoms with E-state index < -0.39 is 8.54 Å². The summed E-state index contributed by atoms with van der Waals surface area (Å²) >= 11 is 0. The summed E-state index contributed by atoms with van der Waals surface area (Å²) < 4.78 is 23.7. The quantitative estimate of drug-likeness (QED) is 0.566. The molecule has 0 bridgehead atoms. The van der Waals surface area contributed by atoms with Crippen molar-refractivity contribution in [3.8, 4) is 0 Å². The van der Waals surface area contributed by atoms with Crippen LogP contribution in [0.4, 0.5) is 8.39 Å². The highest BCUT2D eigenvalue weighted by Crippen LogP contribution is 2.36. The molecule has 1 rings (SSSR count). The Morgan fingerprint density at radius 2 is 1.50 bits per heavy atom. The molecule has 0 unspecified atom stereocenters. The Morgan fingerprint density at radius 3 is 1.80 bits per heavy atom. The van der Waals surface area contributed by atoms with E-state index in [4.69, 9.17) is 0 Å². The predicted octanol–water partition coefficient (Wildman–Crippen LogP) is 1.74. The Hall–Kier alpha value is -0.530. The summed E-state index contributed by atoms with van der Waals surface area (Å²) in [6.07, 6.45) is 0. The van der Waals surface area contributed by atoms with Gasteiger partial charge in [0.2, 0.25) is 0 Å². The predicted molar refractivity (Wildman–Crippen MR) is 38.8 cm³/mol. The zero-order chi connectivity index (χ0) is 6.69. The minimum atomic E-state index is -2.90. The van der Waals surface area contributed by atoms with Crippen molar-refractivity contribution in [2.24, 2.45) is 0 Å². The molecule has 0 aliphatic heterocycles. The van der Waals surface area contributed by atoms with Gasteiger partial charge in [-0.1, -0.05) is 18.2 Å². The Morgan fingerprint density at radius 1 is 1.00 bits per heavy atom. The molecule has 0 saturated carbocycles. The molecule has 0 fully saturated rings. The van der Waals surface area contributed by atoms with Crippen molar-refractivity contribution in [1.82, 2.24) is 0 Å². The maximum Gasteiger partial charge on any atom is 0.298 e. The van der Waals surface area contributed by atoms with Crippen molar-refractivity contribution in [2.75, 3.05) is 0 Å². The molecule has 0 aromatic heterocycles. The van der Waals surface area contributed by atoms with Gasteiger partial charge in [-0.25, -0.2) is 0 Å².